The van der Waals surface area contributed by atoms with Crippen molar-refractivity contribution in [2.45, 2.75) is 125 Å². The Morgan fingerprint density at radius 3 is 2.12 bits per heavy atom. The highest BCUT2D eigenvalue weighted by atomic mass is 16.5. The quantitative estimate of drug-likeness (QED) is 0.125. The van der Waals surface area contributed by atoms with Crippen LogP contribution >= 0.6 is 0 Å². The second kappa shape index (κ2) is 16.0. The summed E-state index contributed by atoms with van der Waals surface area (Å²) >= 11 is 0. The summed E-state index contributed by atoms with van der Waals surface area (Å²) in [6, 6.07) is 35.3. The number of pyridine rings is 1. The average Bonchev–Trinajstić information content (AvgIpc) is 3.72. The molecule has 0 fully saturated rings. The van der Waals surface area contributed by atoms with Crippen LogP contribution in [0.4, 0.5) is 0 Å². The topological polar surface area (TPSA) is 44.9 Å². The van der Waals surface area contributed by atoms with Crippen LogP contribution in [-0.4, -0.2) is 19.3 Å². The van der Waals surface area contributed by atoms with Gasteiger partial charge >= 0.3 is 0 Å². The van der Waals surface area contributed by atoms with Crippen molar-refractivity contribution < 1.29 is 4.74 Å². The standard InChI is InChI=1S/C52H62N4O/c1-12-18-34(4)27-35(5)37-21-24-47-44(28-37)43-23-22-41(33-48(43)55(47)49-31-38(25-26-53-49)51(6,7)8)57-42-30-39(52(9,10)11)29-40(32-42)56-46(14-3)50(45(13-2)54-56)36-19-16-15-17-20-36/h15-17,19-26,28-35H,12-14,18,27H2,1-11H3. The van der Waals surface area contributed by atoms with Crippen molar-refractivity contribution in [2.75, 3.05) is 0 Å². The van der Waals surface area contributed by atoms with Crippen LogP contribution in [0.15, 0.2) is 103 Å². The minimum atomic E-state index is -0.104. The third-order valence-electron chi connectivity index (χ3n) is 11.7. The molecule has 5 nitrogen and oxygen atoms in total. The first-order valence-electron chi connectivity index (χ1n) is 21.2. The average molecular weight is 759 g/mol. The van der Waals surface area contributed by atoms with E-state index >= 15 is 0 Å². The van der Waals surface area contributed by atoms with E-state index in [4.69, 9.17) is 14.8 Å². The van der Waals surface area contributed by atoms with Gasteiger partial charge in [-0.05, 0) is 113 Å². The lowest BCUT2D eigenvalue weighted by Crippen LogP contribution is -2.13. The van der Waals surface area contributed by atoms with Crippen LogP contribution in [0, 0.1) is 5.92 Å². The second-order valence-corrected chi connectivity index (χ2v) is 18.3. The fraction of sp³-hybridized carbons (Fsp3) is 0.385. The van der Waals surface area contributed by atoms with Crippen molar-refractivity contribution >= 4 is 21.8 Å². The normalized spacial score (nSPS) is 13.4. The van der Waals surface area contributed by atoms with Crippen molar-refractivity contribution in [3.63, 3.8) is 0 Å². The van der Waals surface area contributed by atoms with Gasteiger partial charge in [0.25, 0.3) is 0 Å². The lowest BCUT2D eigenvalue weighted by Gasteiger charge is -2.22. The maximum absolute atomic E-state index is 6.92. The van der Waals surface area contributed by atoms with Crippen molar-refractivity contribution in [3.8, 4) is 34.1 Å². The molecule has 57 heavy (non-hydrogen) atoms. The van der Waals surface area contributed by atoms with Gasteiger partial charge in [-0.3, -0.25) is 4.57 Å². The summed E-state index contributed by atoms with van der Waals surface area (Å²) in [4.78, 5) is 4.98. The molecule has 3 aromatic heterocycles. The van der Waals surface area contributed by atoms with Gasteiger partial charge in [0.2, 0.25) is 0 Å². The highest BCUT2D eigenvalue weighted by Gasteiger charge is 2.23. The van der Waals surface area contributed by atoms with E-state index in [2.05, 4.69) is 182 Å². The van der Waals surface area contributed by atoms with Gasteiger partial charge in [0.05, 0.1) is 28.1 Å². The molecule has 0 saturated heterocycles. The summed E-state index contributed by atoms with van der Waals surface area (Å²) in [6.45, 7) is 25.0. The van der Waals surface area contributed by atoms with Gasteiger partial charge in [-0.2, -0.15) is 5.10 Å². The zero-order valence-corrected chi connectivity index (χ0v) is 36.2. The molecule has 296 valence electrons. The van der Waals surface area contributed by atoms with Gasteiger partial charge in [-0.25, -0.2) is 9.67 Å². The SMILES string of the molecule is CCCC(C)CC(C)c1ccc2c(c1)c1ccc(Oc3cc(-n4nc(CC)c(-c5ccccc5)c4CC)cc(C(C)(C)C)c3)cc1n2-c1cc(C(C)(C)C)ccn1. The lowest BCUT2D eigenvalue weighted by atomic mass is 9.86. The number of ether oxygens (including phenoxy) is 1. The Morgan fingerprint density at radius 2 is 1.44 bits per heavy atom. The Kier molecular flexibility index (Phi) is 11.2. The number of hydrogen-bond acceptors (Lipinski definition) is 3. The molecular formula is C52H62N4O. The molecule has 0 N–H and O–H groups in total. The van der Waals surface area contributed by atoms with Gasteiger partial charge in [0.1, 0.15) is 17.3 Å². The van der Waals surface area contributed by atoms with Crippen LogP contribution in [0.25, 0.3) is 44.4 Å². The van der Waals surface area contributed by atoms with E-state index in [0.717, 1.165) is 52.6 Å². The first-order valence-corrected chi connectivity index (χ1v) is 21.2. The van der Waals surface area contributed by atoms with Crippen LogP contribution in [0.5, 0.6) is 11.5 Å². The third-order valence-corrected chi connectivity index (χ3v) is 11.7. The molecule has 5 heteroatoms. The number of aromatic nitrogens is 4. The molecule has 0 bridgehead atoms. The Hall–Kier alpha value is -5.16. The number of fused-ring (bicyclic) bond motifs is 3. The van der Waals surface area contributed by atoms with E-state index in [9.17, 15) is 0 Å². The number of rotatable bonds is 12. The van der Waals surface area contributed by atoms with E-state index in [-0.39, 0.29) is 10.8 Å². The third kappa shape index (κ3) is 8.17. The zero-order chi connectivity index (χ0) is 40.6. The molecule has 0 saturated carbocycles. The number of hydrogen-bond donors (Lipinski definition) is 0. The largest absolute Gasteiger partial charge is 0.457 e. The Bertz CT molecular complexity index is 2510. The molecule has 0 aliphatic heterocycles. The molecule has 0 aliphatic carbocycles. The number of benzene rings is 4. The zero-order valence-electron chi connectivity index (χ0n) is 36.2. The van der Waals surface area contributed by atoms with Gasteiger partial charge in [0.15, 0.2) is 0 Å². The maximum Gasteiger partial charge on any atom is 0.137 e. The molecule has 0 radical (unpaired) electrons. The van der Waals surface area contributed by atoms with Gasteiger partial charge < -0.3 is 4.74 Å². The van der Waals surface area contributed by atoms with Gasteiger partial charge in [-0.1, -0.05) is 125 Å². The smallest absolute Gasteiger partial charge is 0.137 e. The van der Waals surface area contributed by atoms with Gasteiger partial charge in [-0.15, -0.1) is 0 Å². The van der Waals surface area contributed by atoms with E-state index < -0.39 is 0 Å². The Morgan fingerprint density at radius 1 is 0.684 bits per heavy atom. The first kappa shape index (κ1) is 40.1. The first-order chi connectivity index (χ1) is 27.2. The molecule has 7 rings (SSSR count). The summed E-state index contributed by atoms with van der Waals surface area (Å²) < 4.78 is 11.4. The van der Waals surface area contributed by atoms with E-state index in [1.807, 2.05) is 6.20 Å². The molecular weight excluding hydrogens is 697 g/mol. The highest BCUT2D eigenvalue weighted by molar-refractivity contribution is 6.09. The molecule has 2 atom stereocenters. The predicted molar refractivity (Wildman–Crippen MR) is 241 cm³/mol. The van der Waals surface area contributed by atoms with E-state index in [0.29, 0.717) is 11.8 Å². The van der Waals surface area contributed by atoms with Crippen molar-refractivity contribution in [1.29, 1.82) is 0 Å². The van der Waals surface area contributed by atoms with Crippen molar-refractivity contribution in [3.05, 3.63) is 131 Å². The van der Waals surface area contributed by atoms with Crippen LogP contribution in [0.2, 0.25) is 0 Å². The second-order valence-electron chi connectivity index (χ2n) is 18.3. The number of nitrogens with zero attached hydrogens (tertiary/aromatic N) is 4. The van der Waals surface area contributed by atoms with Crippen molar-refractivity contribution in [2.24, 2.45) is 5.92 Å². The fourth-order valence-corrected chi connectivity index (χ4v) is 8.56. The monoisotopic (exact) mass is 758 g/mol. The summed E-state index contributed by atoms with van der Waals surface area (Å²) in [7, 11) is 0. The maximum atomic E-state index is 6.92. The van der Waals surface area contributed by atoms with Crippen LogP contribution < -0.4 is 4.74 Å². The summed E-state index contributed by atoms with van der Waals surface area (Å²) in [5.74, 6) is 3.67. The van der Waals surface area contributed by atoms with Crippen LogP contribution in [0.1, 0.15) is 129 Å². The summed E-state index contributed by atoms with van der Waals surface area (Å²) in [5.41, 5.74) is 11.7. The molecule has 4 aromatic carbocycles. The minimum Gasteiger partial charge on any atom is -0.457 e. The Balaban J connectivity index is 1.37. The van der Waals surface area contributed by atoms with Crippen molar-refractivity contribution in [1.82, 2.24) is 19.3 Å². The lowest BCUT2D eigenvalue weighted by molar-refractivity contribution is 0.449. The minimum absolute atomic E-state index is 0.00967. The molecule has 2 unspecified atom stereocenters. The molecule has 0 amide bonds. The van der Waals surface area contributed by atoms with E-state index in [1.54, 1.807) is 0 Å². The molecule has 0 aliphatic rings. The van der Waals surface area contributed by atoms with E-state index in [1.165, 1.54) is 63.5 Å². The summed E-state index contributed by atoms with van der Waals surface area (Å²) in [5, 5.41) is 7.69. The fourth-order valence-electron chi connectivity index (χ4n) is 8.56. The number of aryl methyl sites for hydroxylation is 1. The highest BCUT2D eigenvalue weighted by Crippen LogP contribution is 2.40. The predicted octanol–water partition coefficient (Wildman–Crippen LogP) is 14.5. The summed E-state index contributed by atoms with van der Waals surface area (Å²) in [6.07, 6.45) is 7.34. The van der Waals surface area contributed by atoms with Crippen LogP contribution in [-0.2, 0) is 23.7 Å². The van der Waals surface area contributed by atoms with Gasteiger partial charge in [0, 0.05) is 34.7 Å². The van der Waals surface area contributed by atoms with Crippen LogP contribution in [0.3, 0.4) is 0 Å². The molecule has 0 spiro atoms. The Labute approximate surface area is 341 Å². The molecule has 7 aromatic rings. The molecule has 3 heterocycles.